The molecule has 2 aromatic rings. The molecule has 0 spiro atoms. The van der Waals surface area contributed by atoms with Gasteiger partial charge in [-0.15, -0.1) is 0 Å². The summed E-state index contributed by atoms with van der Waals surface area (Å²) in [6.45, 7) is 4.13. The first kappa shape index (κ1) is 14.3. The molecular formula is C18H22N2O. The van der Waals surface area contributed by atoms with Gasteiger partial charge in [-0.05, 0) is 22.8 Å². The summed E-state index contributed by atoms with van der Waals surface area (Å²) < 4.78 is 0. The van der Waals surface area contributed by atoms with E-state index in [1.807, 2.05) is 6.07 Å². The molecule has 0 aliphatic carbocycles. The highest BCUT2D eigenvalue weighted by Crippen LogP contribution is 2.26. The van der Waals surface area contributed by atoms with Gasteiger partial charge in [-0.3, -0.25) is 4.90 Å². The second kappa shape index (κ2) is 6.85. The Morgan fingerprint density at radius 2 is 1.67 bits per heavy atom. The summed E-state index contributed by atoms with van der Waals surface area (Å²) in [4.78, 5) is 2.36. The van der Waals surface area contributed by atoms with Crippen LogP contribution in [0.1, 0.15) is 11.6 Å². The number of aliphatic hydroxyl groups excluding tert-OH is 1. The van der Waals surface area contributed by atoms with E-state index in [0.29, 0.717) is 0 Å². The smallest absolute Gasteiger partial charge is 0.0628 e. The van der Waals surface area contributed by atoms with Crippen LogP contribution in [0.5, 0.6) is 0 Å². The van der Waals surface area contributed by atoms with Crippen molar-refractivity contribution >= 4 is 0 Å². The summed E-state index contributed by atoms with van der Waals surface area (Å²) in [7, 11) is 0. The third-order valence-electron chi connectivity index (χ3n) is 4.14. The number of nitrogens with one attached hydrogen (secondary N) is 1. The Morgan fingerprint density at radius 3 is 2.38 bits per heavy atom. The molecule has 0 bridgehead atoms. The Bertz CT molecular complexity index is 564. The molecule has 0 saturated carbocycles. The molecule has 0 aromatic heterocycles. The van der Waals surface area contributed by atoms with Gasteiger partial charge < -0.3 is 10.4 Å². The molecule has 2 N–H and O–H groups in total. The van der Waals surface area contributed by atoms with Crippen LogP contribution in [0.2, 0.25) is 0 Å². The van der Waals surface area contributed by atoms with Crippen LogP contribution >= 0.6 is 0 Å². The van der Waals surface area contributed by atoms with Gasteiger partial charge in [-0.1, -0.05) is 48.5 Å². The van der Waals surface area contributed by atoms with Gasteiger partial charge in [0, 0.05) is 26.2 Å². The highest BCUT2D eigenvalue weighted by molar-refractivity contribution is 5.64. The maximum Gasteiger partial charge on any atom is 0.0628 e. The standard InChI is InChI=1S/C18H22N2O/c21-14-18(20-11-9-19-10-12-20)17-8-4-7-16(13-17)15-5-2-1-3-6-15/h1-8,13,18-19,21H,9-12,14H2/t18-/m0/s1. The van der Waals surface area contributed by atoms with Crippen molar-refractivity contribution in [2.75, 3.05) is 32.8 Å². The van der Waals surface area contributed by atoms with Gasteiger partial charge in [0.05, 0.1) is 12.6 Å². The van der Waals surface area contributed by atoms with E-state index in [1.165, 1.54) is 16.7 Å². The highest BCUT2D eigenvalue weighted by Gasteiger charge is 2.21. The second-order valence-electron chi connectivity index (χ2n) is 5.48. The molecule has 3 nitrogen and oxygen atoms in total. The van der Waals surface area contributed by atoms with Crippen molar-refractivity contribution < 1.29 is 5.11 Å². The van der Waals surface area contributed by atoms with Gasteiger partial charge in [0.25, 0.3) is 0 Å². The average molecular weight is 282 g/mol. The first-order valence-electron chi connectivity index (χ1n) is 7.59. The largest absolute Gasteiger partial charge is 0.394 e. The molecule has 0 radical (unpaired) electrons. The lowest BCUT2D eigenvalue weighted by Gasteiger charge is -2.34. The molecule has 2 aromatic carbocycles. The third-order valence-corrected chi connectivity index (χ3v) is 4.14. The van der Waals surface area contributed by atoms with Crippen molar-refractivity contribution in [1.82, 2.24) is 10.2 Å². The zero-order chi connectivity index (χ0) is 14.5. The Morgan fingerprint density at radius 1 is 0.952 bits per heavy atom. The summed E-state index contributed by atoms with van der Waals surface area (Å²) in [5.74, 6) is 0. The summed E-state index contributed by atoms with van der Waals surface area (Å²) in [5, 5.41) is 13.2. The summed E-state index contributed by atoms with van der Waals surface area (Å²) in [5.41, 5.74) is 3.62. The fourth-order valence-corrected chi connectivity index (χ4v) is 2.98. The van der Waals surface area contributed by atoms with E-state index in [0.717, 1.165) is 26.2 Å². The van der Waals surface area contributed by atoms with Crippen LogP contribution in [0, 0.1) is 0 Å². The van der Waals surface area contributed by atoms with E-state index in [-0.39, 0.29) is 12.6 Å². The van der Waals surface area contributed by atoms with E-state index in [1.54, 1.807) is 0 Å². The van der Waals surface area contributed by atoms with Crippen LogP contribution in [0.3, 0.4) is 0 Å². The third kappa shape index (κ3) is 3.32. The molecule has 1 heterocycles. The van der Waals surface area contributed by atoms with Crippen LogP contribution in [0.25, 0.3) is 11.1 Å². The average Bonchev–Trinajstić information content (AvgIpc) is 2.58. The molecule has 1 saturated heterocycles. The quantitative estimate of drug-likeness (QED) is 0.903. The van der Waals surface area contributed by atoms with Crippen LogP contribution in [-0.4, -0.2) is 42.8 Å². The van der Waals surface area contributed by atoms with E-state index < -0.39 is 0 Å². The van der Waals surface area contributed by atoms with Crippen molar-refractivity contribution in [2.45, 2.75) is 6.04 Å². The van der Waals surface area contributed by atoms with Gasteiger partial charge in [-0.25, -0.2) is 0 Å². The Labute approximate surface area is 126 Å². The first-order valence-corrected chi connectivity index (χ1v) is 7.59. The van der Waals surface area contributed by atoms with Crippen molar-refractivity contribution in [3.8, 4) is 11.1 Å². The molecule has 0 amide bonds. The fraction of sp³-hybridized carbons (Fsp3) is 0.333. The lowest BCUT2D eigenvalue weighted by atomic mass is 9.98. The fourth-order valence-electron chi connectivity index (χ4n) is 2.98. The first-order chi connectivity index (χ1) is 10.4. The molecule has 110 valence electrons. The Hall–Kier alpha value is -1.68. The van der Waals surface area contributed by atoms with E-state index >= 15 is 0 Å². The minimum absolute atomic E-state index is 0.0933. The molecule has 1 aliphatic heterocycles. The molecule has 1 aliphatic rings. The summed E-state index contributed by atoms with van der Waals surface area (Å²) >= 11 is 0. The van der Waals surface area contributed by atoms with Crippen LogP contribution < -0.4 is 5.32 Å². The van der Waals surface area contributed by atoms with Crippen molar-refractivity contribution in [2.24, 2.45) is 0 Å². The predicted octanol–water partition coefficient (Wildman–Crippen LogP) is 2.29. The molecule has 3 heteroatoms. The Kier molecular flexibility index (Phi) is 4.65. The van der Waals surface area contributed by atoms with Crippen LogP contribution in [0.15, 0.2) is 54.6 Å². The number of aliphatic hydroxyl groups is 1. The second-order valence-corrected chi connectivity index (χ2v) is 5.48. The topological polar surface area (TPSA) is 35.5 Å². The SMILES string of the molecule is OC[C@@H](c1cccc(-c2ccccc2)c1)N1CCNCC1. The number of nitrogens with zero attached hydrogens (tertiary/aromatic N) is 1. The van der Waals surface area contributed by atoms with Gasteiger partial charge >= 0.3 is 0 Å². The van der Waals surface area contributed by atoms with Crippen LogP contribution in [0.4, 0.5) is 0 Å². The summed E-state index contributed by atoms with van der Waals surface area (Å²) in [6.07, 6.45) is 0. The van der Waals surface area contributed by atoms with Gasteiger partial charge in [-0.2, -0.15) is 0 Å². The molecule has 0 unspecified atom stereocenters. The highest BCUT2D eigenvalue weighted by atomic mass is 16.3. The van der Waals surface area contributed by atoms with Gasteiger partial charge in [0.2, 0.25) is 0 Å². The predicted molar refractivity (Wildman–Crippen MR) is 86.1 cm³/mol. The lowest BCUT2D eigenvalue weighted by molar-refractivity contribution is 0.111. The number of piperazine rings is 1. The maximum absolute atomic E-state index is 9.83. The zero-order valence-corrected chi connectivity index (χ0v) is 12.2. The molecule has 1 fully saturated rings. The summed E-state index contributed by atoms with van der Waals surface area (Å²) in [6, 6.07) is 19.0. The number of rotatable bonds is 4. The molecule has 1 atom stereocenters. The van der Waals surface area contributed by atoms with Crippen molar-refractivity contribution in [1.29, 1.82) is 0 Å². The van der Waals surface area contributed by atoms with E-state index in [4.69, 9.17) is 0 Å². The van der Waals surface area contributed by atoms with Crippen molar-refractivity contribution in [3.05, 3.63) is 60.2 Å². The van der Waals surface area contributed by atoms with Crippen molar-refractivity contribution in [3.63, 3.8) is 0 Å². The monoisotopic (exact) mass is 282 g/mol. The number of benzene rings is 2. The van der Waals surface area contributed by atoms with E-state index in [9.17, 15) is 5.11 Å². The normalized spacial score (nSPS) is 17.6. The molecule has 21 heavy (non-hydrogen) atoms. The minimum atomic E-state index is 0.0933. The van der Waals surface area contributed by atoms with E-state index in [2.05, 4.69) is 58.7 Å². The minimum Gasteiger partial charge on any atom is -0.394 e. The maximum atomic E-state index is 9.83. The molecule has 3 rings (SSSR count). The Balaban J connectivity index is 1.87. The number of hydrogen-bond acceptors (Lipinski definition) is 3. The lowest BCUT2D eigenvalue weighted by Crippen LogP contribution is -2.46. The number of hydrogen-bond donors (Lipinski definition) is 2. The zero-order valence-electron chi connectivity index (χ0n) is 12.2. The van der Waals surface area contributed by atoms with Gasteiger partial charge in [0.1, 0.15) is 0 Å². The molecular weight excluding hydrogens is 260 g/mol. The van der Waals surface area contributed by atoms with Gasteiger partial charge in [0.15, 0.2) is 0 Å². The van der Waals surface area contributed by atoms with Crippen LogP contribution in [-0.2, 0) is 0 Å².